The minimum Gasteiger partial charge on any atom is -0.444 e. The van der Waals surface area contributed by atoms with Crippen LogP contribution in [0.2, 0.25) is 0 Å². The van der Waals surface area contributed by atoms with Crippen LogP contribution in [0.15, 0.2) is 60.9 Å². The molecule has 3 atom stereocenters. The number of nitrogens with one attached hydrogen (secondary N) is 2. The Morgan fingerprint density at radius 1 is 1.00 bits per heavy atom. The lowest BCUT2D eigenvalue weighted by atomic mass is 10.0. The summed E-state index contributed by atoms with van der Waals surface area (Å²) in [5, 5.41) is 8.38. The number of amides is 2. The fourth-order valence-electron chi connectivity index (χ4n) is 6.27. The number of rotatable bonds is 8. The number of piperidine rings is 1. The van der Waals surface area contributed by atoms with Crippen LogP contribution >= 0.6 is 0 Å². The third-order valence-electron chi connectivity index (χ3n) is 8.81. The number of benzene rings is 2. The summed E-state index contributed by atoms with van der Waals surface area (Å²) in [5.74, 6) is 2.63. The Hall–Kier alpha value is -4.73. The molecule has 10 heteroatoms. The molecule has 1 saturated carbocycles. The van der Waals surface area contributed by atoms with Crippen molar-refractivity contribution in [2.24, 2.45) is 17.8 Å². The maximum atomic E-state index is 13.0. The van der Waals surface area contributed by atoms with Gasteiger partial charge >= 0.3 is 6.09 Å². The van der Waals surface area contributed by atoms with Crippen LogP contribution in [0.3, 0.4) is 0 Å². The van der Waals surface area contributed by atoms with Crippen molar-refractivity contribution in [2.45, 2.75) is 72.4 Å². The molecule has 0 radical (unpaired) electrons. The summed E-state index contributed by atoms with van der Waals surface area (Å²) in [7, 11) is 0. The summed E-state index contributed by atoms with van der Waals surface area (Å²) in [6.07, 6.45) is 5.77. The predicted molar refractivity (Wildman–Crippen MR) is 184 cm³/mol. The van der Waals surface area contributed by atoms with Crippen LogP contribution in [-0.4, -0.2) is 56.6 Å². The normalized spacial score (nSPS) is 19.4. The fourth-order valence-corrected chi connectivity index (χ4v) is 6.27. The molecule has 2 amide bonds. The summed E-state index contributed by atoms with van der Waals surface area (Å²) in [6.45, 7) is 13.1. The van der Waals surface area contributed by atoms with E-state index in [4.69, 9.17) is 14.5 Å². The first kappa shape index (κ1) is 32.2. The van der Waals surface area contributed by atoms with Gasteiger partial charge in [0, 0.05) is 53.9 Å². The number of likely N-dealkylation sites (tertiary alicyclic amines) is 1. The van der Waals surface area contributed by atoms with Crippen molar-refractivity contribution in [3.8, 4) is 22.9 Å². The number of anilines is 2. The Kier molecular flexibility index (Phi) is 9.03. The molecule has 2 fully saturated rings. The van der Waals surface area contributed by atoms with E-state index in [0.29, 0.717) is 53.8 Å². The molecule has 4 aromatic rings. The van der Waals surface area contributed by atoms with Crippen LogP contribution in [-0.2, 0) is 9.53 Å². The summed E-state index contributed by atoms with van der Waals surface area (Å²) < 4.78 is 12.2. The first-order valence-electron chi connectivity index (χ1n) is 16.5. The first-order chi connectivity index (χ1) is 22.5. The number of hydrogen-bond donors (Lipinski definition) is 2. The van der Waals surface area contributed by atoms with Gasteiger partial charge < -0.3 is 25.0 Å². The molecule has 2 aromatic carbocycles. The molecular weight excluding hydrogens is 592 g/mol. The average molecular weight is 637 g/mol. The van der Waals surface area contributed by atoms with Gasteiger partial charge in [-0.15, -0.1) is 0 Å². The van der Waals surface area contributed by atoms with Gasteiger partial charge in [0.2, 0.25) is 17.7 Å². The highest BCUT2D eigenvalue weighted by Gasteiger charge is 2.44. The summed E-state index contributed by atoms with van der Waals surface area (Å²) in [6, 6.07) is 15.5. The minimum absolute atomic E-state index is 0.0136. The van der Waals surface area contributed by atoms with Crippen LogP contribution in [0.25, 0.3) is 22.0 Å². The van der Waals surface area contributed by atoms with Crippen LogP contribution < -0.4 is 15.4 Å². The van der Waals surface area contributed by atoms with Gasteiger partial charge in [-0.25, -0.2) is 19.7 Å². The van der Waals surface area contributed by atoms with Gasteiger partial charge in [-0.1, -0.05) is 38.1 Å². The van der Waals surface area contributed by atoms with Crippen molar-refractivity contribution in [1.82, 2.24) is 19.9 Å². The molecule has 2 N–H and O–H groups in total. The molecule has 1 aliphatic heterocycles. The minimum atomic E-state index is -0.547. The van der Waals surface area contributed by atoms with Crippen LogP contribution in [0.4, 0.5) is 16.4 Å². The van der Waals surface area contributed by atoms with E-state index in [2.05, 4.69) is 34.4 Å². The predicted octanol–water partition coefficient (Wildman–Crippen LogP) is 7.83. The Labute approximate surface area is 276 Å². The Morgan fingerprint density at radius 2 is 1.83 bits per heavy atom. The lowest BCUT2D eigenvalue weighted by Gasteiger charge is -2.34. The molecular formula is C37H44N6O4. The maximum Gasteiger partial charge on any atom is 0.410 e. The number of carbonyl (C=O) groups excluding carboxylic acids is 2. The molecule has 0 bridgehead atoms. The lowest BCUT2D eigenvalue weighted by Crippen LogP contribution is -2.47. The monoisotopic (exact) mass is 636 g/mol. The molecule has 1 saturated heterocycles. The molecule has 6 rings (SSSR count). The molecule has 2 aromatic heterocycles. The number of ether oxygens (including phenoxy) is 2. The Balaban J connectivity index is 1.22. The second-order valence-electron chi connectivity index (χ2n) is 14.0. The zero-order valence-corrected chi connectivity index (χ0v) is 28.0. The smallest absolute Gasteiger partial charge is 0.410 e. The number of aromatic nitrogens is 3. The van der Waals surface area contributed by atoms with E-state index in [-0.39, 0.29) is 24.0 Å². The second kappa shape index (κ2) is 13.2. The molecule has 3 heterocycles. The molecule has 246 valence electrons. The third kappa shape index (κ3) is 7.48. The molecule has 0 spiro atoms. The molecule has 47 heavy (non-hydrogen) atoms. The largest absolute Gasteiger partial charge is 0.444 e. The quantitative estimate of drug-likeness (QED) is 0.201. The highest BCUT2D eigenvalue weighted by atomic mass is 16.6. The van der Waals surface area contributed by atoms with Crippen LogP contribution in [0, 0.1) is 24.7 Å². The van der Waals surface area contributed by atoms with Crippen molar-refractivity contribution in [2.75, 3.05) is 23.7 Å². The Morgan fingerprint density at radius 3 is 2.60 bits per heavy atom. The Bertz CT molecular complexity index is 1780. The van der Waals surface area contributed by atoms with Gasteiger partial charge in [-0.3, -0.25) is 4.79 Å². The van der Waals surface area contributed by atoms with Gasteiger partial charge in [-0.05, 0) is 88.6 Å². The number of fused-ring (bicyclic) bond motifs is 1. The fraction of sp³-hybridized carbons (Fsp3) is 0.432. The molecule has 1 aliphatic carbocycles. The topological polar surface area (TPSA) is 119 Å². The standard InChI is InChI=1S/C37H44N6O4/c1-22(2)28-20-29(28)33(44)41-30-13-7-11-26-25(30)15-14-23(3)32(26)46-34-27(12-8-17-38-34)31-16-18-39-35(42-31)40-24-10-9-19-43(21-24)36(45)47-37(4,5)6/h7-8,11-18,22,24,28-29H,9-10,19-21H2,1-6H3,(H,41,44)(H,39,40,42)/t24-,28?,29?/m0/s1. The van der Waals surface area contributed by atoms with E-state index in [1.165, 1.54) is 0 Å². The molecule has 10 nitrogen and oxygen atoms in total. The van der Waals surface area contributed by atoms with E-state index in [1.807, 2.05) is 76.2 Å². The van der Waals surface area contributed by atoms with Gasteiger partial charge in [0.25, 0.3) is 0 Å². The summed E-state index contributed by atoms with van der Waals surface area (Å²) >= 11 is 0. The number of pyridine rings is 1. The summed E-state index contributed by atoms with van der Waals surface area (Å²) in [4.78, 5) is 41.3. The number of nitrogens with zero attached hydrogens (tertiary/aromatic N) is 4. The zero-order valence-electron chi connectivity index (χ0n) is 28.0. The highest BCUT2D eigenvalue weighted by Crippen LogP contribution is 2.45. The number of hydrogen-bond acceptors (Lipinski definition) is 8. The van der Waals surface area contributed by atoms with E-state index in [1.54, 1.807) is 17.3 Å². The van der Waals surface area contributed by atoms with E-state index in [9.17, 15) is 9.59 Å². The van der Waals surface area contributed by atoms with E-state index >= 15 is 0 Å². The first-order valence-corrected chi connectivity index (χ1v) is 16.5. The molecule has 2 unspecified atom stereocenters. The lowest BCUT2D eigenvalue weighted by molar-refractivity contribution is -0.117. The number of aryl methyl sites for hydroxylation is 1. The third-order valence-corrected chi connectivity index (χ3v) is 8.81. The SMILES string of the molecule is Cc1ccc2c(NC(=O)C3CC3C(C)C)cccc2c1Oc1ncccc1-c1ccnc(N[C@H]2CCCN(C(=O)OC(C)(C)C)C2)n1. The van der Waals surface area contributed by atoms with Gasteiger partial charge in [-0.2, -0.15) is 0 Å². The van der Waals surface area contributed by atoms with Crippen molar-refractivity contribution < 1.29 is 19.1 Å². The second-order valence-corrected chi connectivity index (χ2v) is 14.0. The van der Waals surface area contributed by atoms with E-state index in [0.717, 1.165) is 41.3 Å². The van der Waals surface area contributed by atoms with Gasteiger partial charge in [0.05, 0.1) is 11.3 Å². The number of carbonyl (C=O) groups is 2. The van der Waals surface area contributed by atoms with Crippen LogP contribution in [0.5, 0.6) is 11.6 Å². The van der Waals surface area contributed by atoms with Crippen molar-refractivity contribution >= 4 is 34.4 Å². The van der Waals surface area contributed by atoms with Crippen LogP contribution in [0.1, 0.15) is 59.4 Å². The van der Waals surface area contributed by atoms with Crippen molar-refractivity contribution in [1.29, 1.82) is 0 Å². The average Bonchev–Trinajstić information content (AvgIpc) is 3.84. The summed E-state index contributed by atoms with van der Waals surface area (Å²) in [5.41, 5.74) is 2.53. The highest BCUT2D eigenvalue weighted by molar-refractivity contribution is 6.05. The molecule has 2 aliphatic rings. The zero-order chi connectivity index (χ0) is 33.3. The van der Waals surface area contributed by atoms with E-state index < -0.39 is 5.60 Å². The van der Waals surface area contributed by atoms with Crippen molar-refractivity contribution in [3.63, 3.8) is 0 Å². The van der Waals surface area contributed by atoms with Gasteiger partial charge in [0.15, 0.2) is 0 Å². The maximum absolute atomic E-state index is 13.0. The van der Waals surface area contributed by atoms with Gasteiger partial charge in [0.1, 0.15) is 11.4 Å². The van der Waals surface area contributed by atoms with Crippen molar-refractivity contribution in [3.05, 3.63) is 66.5 Å².